The maximum atomic E-state index is 12.8. The first kappa shape index (κ1) is 15.9. The van der Waals surface area contributed by atoms with Gasteiger partial charge in [-0.15, -0.1) is 0 Å². The second-order valence-electron chi connectivity index (χ2n) is 6.68. The molecule has 0 aromatic heterocycles. The van der Waals surface area contributed by atoms with Gasteiger partial charge in [-0.3, -0.25) is 19.7 Å². The second kappa shape index (κ2) is 5.73. The van der Waals surface area contributed by atoms with Gasteiger partial charge >= 0.3 is 0 Å². The number of amides is 3. The molecule has 1 saturated heterocycles. The SMILES string of the molecule is CN1C[C@H](CO)Oc2cc3c(cc21)CN([C@H]1CCC(=O)NC1=O)C3=O. The topological polar surface area (TPSA) is 99.2 Å². The third-order valence-electron chi connectivity index (χ3n) is 4.99. The number of fused-ring (bicyclic) bond motifs is 2. The van der Waals surface area contributed by atoms with Crippen LogP contribution in [0.25, 0.3) is 0 Å². The van der Waals surface area contributed by atoms with Crippen LogP contribution in [0.1, 0.15) is 28.8 Å². The minimum absolute atomic E-state index is 0.1000. The van der Waals surface area contributed by atoms with Crippen LogP contribution in [0.3, 0.4) is 0 Å². The number of aliphatic hydroxyl groups is 1. The van der Waals surface area contributed by atoms with Crippen molar-refractivity contribution in [3.8, 4) is 5.75 Å². The number of hydrogen-bond donors (Lipinski definition) is 2. The predicted octanol–water partition coefficient (Wildman–Crippen LogP) is -0.363. The molecule has 3 aliphatic rings. The average molecular weight is 345 g/mol. The van der Waals surface area contributed by atoms with Gasteiger partial charge in [0, 0.05) is 25.6 Å². The molecule has 4 rings (SSSR count). The molecule has 3 aliphatic heterocycles. The number of piperidine rings is 1. The summed E-state index contributed by atoms with van der Waals surface area (Å²) in [5, 5.41) is 11.6. The van der Waals surface area contributed by atoms with Crippen molar-refractivity contribution in [2.24, 2.45) is 0 Å². The standard InChI is InChI=1S/C17H19N3O5/c1-19-7-10(8-21)25-14-5-11-9(4-13(14)19)6-20(17(11)24)12-2-3-15(22)18-16(12)23/h4-5,10,12,21H,2-3,6-8H2,1H3,(H,18,22,23)/t10-,12+/m1/s1. The van der Waals surface area contributed by atoms with Crippen molar-refractivity contribution in [3.63, 3.8) is 0 Å². The Morgan fingerprint density at radius 1 is 1.32 bits per heavy atom. The number of benzene rings is 1. The quantitative estimate of drug-likeness (QED) is 0.710. The van der Waals surface area contributed by atoms with Gasteiger partial charge in [0.15, 0.2) is 0 Å². The molecule has 3 amide bonds. The average Bonchev–Trinajstić information content (AvgIpc) is 2.89. The molecule has 3 heterocycles. The van der Waals surface area contributed by atoms with E-state index >= 15 is 0 Å². The fourth-order valence-electron chi connectivity index (χ4n) is 3.69. The number of likely N-dealkylation sites (N-methyl/N-ethyl adjacent to an activating group) is 1. The lowest BCUT2D eigenvalue weighted by molar-refractivity contribution is -0.136. The molecule has 0 saturated carbocycles. The van der Waals surface area contributed by atoms with Crippen LogP contribution in [0, 0.1) is 0 Å². The van der Waals surface area contributed by atoms with E-state index in [0.29, 0.717) is 30.8 Å². The molecular formula is C17H19N3O5. The van der Waals surface area contributed by atoms with Gasteiger partial charge in [-0.05, 0) is 24.1 Å². The number of rotatable bonds is 2. The number of aliphatic hydroxyl groups excluding tert-OH is 1. The molecule has 8 heteroatoms. The highest BCUT2D eigenvalue weighted by Gasteiger charge is 2.40. The third kappa shape index (κ3) is 2.53. The number of nitrogens with one attached hydrogen (secondary N) is 1. The molecule has 0 bridgehead atoms. The van der Waals surface area contributed by atoms with Crippen LogP contribution in [0.4, 0.5) is 5.69 Å². The van der Waals surface area contributed by atoms with Crippen LogP contribution < -0.4 is 15.0 Å². The molecule has 1 aromatic carbocycles. The molecule has 2 N–H and O–H groups in total. The predicted molar refractivity (Wildman–Crippen MR) is 87.3 cm³/mol. The minimum atomic E-state index is -0.626. The van der Waals surface area contributed by atoms with Crippen molar-refractivity contribution < 1.29 is 24.2 Å². The van der Waals surface area contributed by atoms with Crippen molar-refractivity contribution in [2.45, 2.75) is 31.5 Å². The Bertz CT molecular complexity index is 778. The molecule has 1 fully saturated rings. The lowest BCUT2D eigenvalue weighted by atomic mass is 10.0. The Morgan fingerprint density at radius 2 is 2.12 bits per heavy atom. The van der Waals surface area contributed by atoms with Crippen molar-refractivity contribution in [3.05, 3.63) is 23.3 Å². The normalized spacial score (nSPS) is 25.4. The van der Waals surface area contributed by atoms with E-state index in [4.69, 9.17) is 4.74 Å². The zero-order valence-electron chi connectivity index (χ0n) is 13.8. The molecule has 0 radical (unpaired) electrons. The Labute approximate surface area is 144 Å². The van der Waals surface area contributed by atoms with Gasteiger partial charge in [0.05, 0.1) is 18.8 Å². The van der Waals surface area contributed by atoms with Gasteiger partial charge in [-0.2, -0.15) is 0 Å². The smallest absolute Gasteiger partial charge is 0.255 e. The third-order valence-corrected chi connectivity index (χ3v) is 4.99. The summed E-state index contributed by atoms with van der Waals surface area (Å²) in [4.78, 5) is 39.7. The maximum absolute atomic E-state index is 12.8. The van der Waals surface area contributed by atoms with E-state index in [1.54, 1.807) is 6.07 Å². The minimum Gasteiger partial charge on any atom is -0.484 e. The highest BCUT2D eigenvalue weighted by Crippen LogP contribution is 2.39. The molecule has 1 aromatic rings. The van der Waals surface area contributed by atoms with Crippen molar-refractivity contribution in [2.75, 3.05) is 25.1 Å². The summed E-state index contributed by atoms with van der Waals surface area (Å²) in [6, 6.07) is 2.97. The van der Waals surface area contributed by atoms with Crippen molar-refractivity contribution in [1.82, 2.24) is 10.2 Å². The fraction of sp³-hybridized carbons (Fsp3) is 0.471. The summed E-state index contributed by atoms with van der Waals surface area (Å²) in [6.07, 6.45) is 0.239. The fourth-order valence-corrected chi connectivity index (χ4v) is 3.69. The van der Waals surface area contributed by atoms with E-state index in [1.807, 2.05) is 18.0 Å². The van der Waals surface area contributed by atoms with E-state index in [-0.39, 0.29) is 30.9 Å². The van der Waals surface area contributed by atoms with Crippen LogP contribution in [-0.2, 0) is 16.1 Å². The largest absolute Gasteiger partial charge is 0.484 e. The summed E-state index contributed by atoms with van der Waals surface area (Å²) in [6.45, 7) is 0.801. The van der Waals surface area contributed by atoms with Crippen LogP contribution >= 0.6 is 0 Å². The highest BCUT2D eigenvalue weighted by molar-refractivity contribution is 6.05. The number of nitrogens with zero attached hydrogens (tertiary/aromatic N) is 2. The van der Waals surface area contributed by atoms with Crippen LogP contribution in [-0.4, -0.2) is 60.1 Å². The van der Waals surface area contributed by atoms with E-state index in [0.717, 1.165) is 11.3 Å². The number of hydrogen-bond acceptors (Lipinski definition) is 6. The van der Waals surface area contributed by atoms with Gasteiger partial charge in [0.1, 0.15) is 17.9 Å². The lowest BCUT2D eigenvalue weighted by Crippen LogP contribution is -2.52. The first-order valence-electron chi connectivity index (χ1n) is 8.28. The monoisotopic (exact) mass is 345 g/mol. The number of imide groups is 1. The molecule has 0 unspecified atom stereocenters. The first-order valence-corrected chi connectivity index (χ1v) is 8.28. The summed E-state index contributed by atoms with van der Waals surface area (Å²) >= 11 is 0. The molecular weight excluding hydrogens is 326 g/mol. The summed E-state index contributed by atoms with van der Waals surface area (Å²) < 4.78 is 5.75. The van der Waals surface area contributed by atoms with Crippen LogP contribution in [0.15, 0.2) is 12.1 Å². The van der Waals surface area contributed by atoms with Gasteiger partial charge in [0.2, 0.25) is 11.8 Å². The number of carbonyl (C=O) groups excluding carboxylic acids is 3. The summed E-state index contributed by atoms with van der Waals surface area (Å²) in [7, 11) is 1.91. The summed E-state index contributed by atoms with van der Waals surface area (Å²) in [5.41, 5.74) is 2.21. The van der Waals surface area contributed by atoms with Gasteiger partial charge < -0.3 is 19.6 Å². The molecule has 2 atom stereocenters. The first-order chi connectivity index (χ1) is 12.0. The number of ether oxygens (including phenoxy) is 1. The Morgan fingerprint density at radius 3 is 2.84 bits per heavy atom. The molecule has 0 spiro atoms. The zero-order valence-corrected chi connectivity index (χ0v) is 13.8. The zero-order chi connectivity index (χ0) is 17.7. The maximum Gasteiger partial charge on any atom is 0.255 e. The van der Waals surface area contributed by atoms with Crippen LogP contribution in [0.5, 0.6) is 5.75 Å². The van der Waals surface area contributed by atoms with Gasteiger partial charge in [0.25, 0.3) is 5.91 Å². The van der Waals surface area contributed by atoms with Gasteiger partial charge in [-0.1, -0.05) is 0 Å². The van der Waals surface area contributed by atoms with E-state index < -0.39 is 11.9 Å². The summed E-state index contributed by atoms with van der Waals surface area (Å²) in [5.74, 6) is -0.392. The number of anilines is 1. The van der Waals surface area contributed by atoms with Crippen molar-refractivity contribution in [1.29, 1.82) is 0 Å². The van der Waals surface area contributed by atoms with Crippen LogP contribution in [0.2, 0.25) is 0 Å². The number of carbonyl (C=O) groups is 3. The lowest BCUT2D eigenvalue weighted by Gasteiger charge is -2.33. The Kier molecular flexibility index (Phi) is 3.64. The highest BCUT2D eigenvalue weighted by atomic mass is 16.5. The molecule has 8 nitrogen and oxygen atoms in total. The van der Waals surface area contributed by atoms with Gasteiger partial charge in [-0.25, -0.2) is 0 Å². The molecule has 25 heavy (non-hydrogen) atoms. The van der Waals surface area contributed by atoms with E-state index in [1.165, 1.54) is 4.90 Å². The van der Waals surface area contributed by atoms with E-state index in [9.17, 15) is 19.5 Å². The second-order valence-corrected chi connectivity index (χ2v) is 6.68. The Hall–Kier alpha value is -2.61. The van der Waals surface area contributed by atoms with E-state index in [2.05, 4.69) is 5.32 Å². The Balaban J connectivity index is 1.64. The molecule has 0 aliphatic carbocycles. The molecule has 132 valence electrons. The van der Waals surface area contributed by atoms with Crippen molar-refractivity contribution >= 4 is 23.4 Å².